The van der Waals surface area contributed by atoms with E-state index in [-0.39, 0.29) is 13.0 Å². The van der Waals surface area contributed by atoms with Crippen molar-refractivity contribution in [3.8, 4) is 0 Å². The van der Waals surface area contributed by atoms with Gasteiger partial charge in [-0.2, -0.15) is 0 Å². The summed E-state index contributed by atoms with van der Waals surface area (Å²) < 4.78 is 9.31. The molecule has 0 amide bonds. The zero-order valence-electron chi connectivity index (χ0n) is 9.01. The summed E-state index contributed by atoms with van der Waals surface area (Å²) in [7, 11) is 1.26. The topological polar surface area (TPSA) is 52.6 Å². The highest BCUT2D eigenvalue weighted by atomic mass is 16.5. The minimum atomic E-state index is -0.531. The molecular weight excluding hydrogens is 208 g/mol. The largest absolute Gasteiger partial charge is 0.469 e. The Morgan fingerprint density at radius 2 is 1.94 bits per heavy atom. The zero-order chi connectivity index (χ0) is 11.8. The average molecular weight is 221 g/mol. The third kappa shape index (κ3) is 4.59. The van der Waals surface area contributed by atoms with E-state index < -0.39 is 11.9 Å². The number of rotatable bonds is 5. The Balaban J connectivity index is 2.23. The molecule has 0 N–H and O–H groups in total. The molecule has 1 aromatic rings. The van der Waals surface area contributed by atoms with Gasteiger partial charge in [0.2, 0.25) is 0 Å². The van der Waals surface area contributed by atoms with Gasteiger partial charge in [0, 0.05) is 0 Å². The summed E-state index contributed by atoms with van der Waals surface area (Å²) in [5.74, 6) is -0.981. The van der Waals surface area contributed by atoms with Gasteiger partial charge in [-0.15, -0.1) is 0 Å². The Bertz CT molecular complexity index is 345. The fraction of sp³-hybridized carbons (Fsp3) is 0.250. The van der Waals surface area contributed by atoms with Gasteiger partial charge in [0.05, 0.1) is 20.0 Å². The van der Waals surface area contributed by atoms with E-state index in [1.54, 1.807) is 0 Å². The molecule has 4 heteroatoms. The number of hydrogen-bond acceptors (Lipinski definition) is 4. The van der Waals surface area contributed by atoms with Crippen LogP contribution in [0.25, 0.3) is 0 Å². The van der Waals surface area contributed by atoms with E-state index in [0.29, 0.717) is 0 Å². The molecule has 0 unspecified atom stereocenters. The maximum absolute atomic E-state index is 11.2. The number of benzene rings is 1. The lowest BCUT2D eigenvalue weighted by molar-refractivity contribution is -0.146. The van der Waals surface area contributed by atoms with Crippen LogP contribution in [0.5, 0.6) is 0 Å². The smallest absolute Gasteiger partial charge is 0.310 e. The number of methoxy groups -OCH3 is 1. The third-order valence-corrected chi connectivity index (χ3v) is 1.88. The van der Waals surface area contributed by atoms with Crippen molar-refractivity contribution >= 4 is 11.9 Å². The van der Waals surface area contributed by atoms with Gasteiger partial charge in [0.25, 0.3) is 0 Å². The normalized spacial score (nSPS) is 9.56. The number of carbonyl (C=O) groups is 2. The van der Waals surface area contributed by atoms with Crippen LogP contribution in [0.15, 0.2) is 30.3 Å². The summed E-state index contributed by atoms with van der Waals surface area (Å²) in [5, 5.41) is 0. The van der Waals surface area contributed by atoms with Crippen LogP contribution in [0.2, 0.25) is 0 Å². The summed E-state index contributed by atoms with van der Waals surface area (Å²) in [6.45, 7) is 0.217. The molecule has 0 aromatic heterocycles. The highest BCUT2D eigenvalue weighted by molar-refractivity contribution is 5.85. The van der Waals surface area contributed by atoms with E-state index in [4.69, 9.17) is 4.74 Å². The Kier molecular flexibility index (Phi) is 5.05. The lowest BCUT2D eigenvalue weighted by Crippen LogP contribution is -2.09. The summed E-state index contributed by atoms with van der Waals surface area (Å²) in [4.78, 5) is 21.9. The predicted molar refractivity (Wildman–Crippen MR) is 57.2 cm³/mol. The van der Waals surface area contributed by atoms with E-state index in [1.807, 2.05) is 30.3 Å². The average Bonchev–Trinajstić information content (AvgIpc) is 2.34. The van der Waals surface area contributed by atoms with Crippen molar-refractivity contribution in [2.24, 2.45) is 0 Å². The Labute approximate surface area is 94.2 Å². The third-order valence-electron chi connectivity index (χ3n) is 1.88. The summed E-state index contributed by atoms with van der Waals surface area (Å²) in [6, 6.07) is 9.33. The second-order valence-electron chi connectivity index (χ2n) is 3.08. The lowest BCUT2D eigenvalue weighted by Gasteiger charge is -2.03. The number of esters is 2. The van der Waals surface area contributed by atoms with E-state index in [2.05, 4.69) is 4.74 Å². The predicted octanol–water partition coefficient (Wildman–Crippen LogP) is 1.50. The first-order valence-electron chi connectivity index (χ1n) is 4.83. The molecule has 0 spiro atoms. The van der Waals surface area contributed by atoms with Gasteiger partial charge in [-0.25, -0.2) is 0 Å². The van der Waals surface area contributed by atoms with E-state index in [0.717, 1.165) is 12.0 Å². The molecule has 1 rings (SSSR count). The van der Waals surface area contributed by atoms with E-state index in [9.17, 15) is 9.59 Å². The number of hydrogen-bond donors (Lipinski definition) is 0. The fourth-order valence-electron chi connectivity index (χ4n) is 1.05. The van der Waals surface area contributed by atoms with Crippen molar-refractivity contribution in [1.82, 2.24) is 0 Å². The summed E-state index contributed by atoms with van der Waals surface area (Å²) in [5.41, 5.74) is 0.911. The molecule has 85 valence electrons. The van der Waals surface area contributed by atoms with E-state index in [1.165, 1.54) is 7.11 Å². The molecule has 0 saturated heterocycles. The molecule has 0 saturated carbocycles. The van der Waals surface area contributed by atoms with Gasteiger partial charge in [-0.3, -0.25) is 9.59 Å². The van der Waals surface area contributed by atoms with Gasteiger partial charge in [0.1, 0.15) is 6.61 Å². The van der Waals surface area contributed by atoms with Crippen molar-refractivity contribution in [3.63, 3.8) is 0 Å². The van der Waals surface area contributed by atoms with Crippen LogP contribution in [-0.2, 0) is 25.7 Å². The van der Waals surface area contributed by atoms with Gasteiger partial charge in [0.15, 0.2) is 0 Å². The second kappa shape index (κ2) is 6.61. The molecule has 0 atom stereocenters. The molecule has 16 heavy (non-hydrogen) atoms. The van der Waals surface area contributed by atoms with Gasteiger partial charge >= 0.3 is 11.9 Å². The van der Waals surface area contributed by atoms with Crippen LogP contribution in [0, 0.1) is 6.42 Å². The van der Waals surface area contributed by atoms with Crippen LogP contribution in [0.4, 0.5) is 0 Å². The summed E-state index contributed by atoms with van der Waals surface area (Å²) >= 11 is 0. The van der Waals surface area contributed by atoms with Crippen molar-refractivity contribution in [2.75, 3.05) is 7.11 Å². The van der Waals surface area contributed by atoms with Crippen molar-refractivity contribution in [2.45, 2.75) is 13.0 Å². The monoisotopic (exact) mass is 221 g/mol. The Hall–Kier alpha value is -1.84. The summed E-state index contributed by atoms with van der Waals surface area (Å²) in [6.07, 6.45) is 1.08. The van der Waals surface area contributed by atoms with Gasteiger partial charge < -0.3 is 9.47 Å². The molecule has 0 heterocycles. The second-order valence-corrected chi connectivity index (χ2v) is 3.08. The minimum absolute atomic E-state index is 0.0699. The standard InChI is InChI=1S/C12H13O4/c1-15-11(13)7-8-12(14)16-9-10-5-3-2-4-6-10/h2-7H,8-9H2,1H3. The molecule has 0 aliphatic heterocycles. The molecular formula is C12H13O4. The number of carbonyl (C=O) groups excluding carboxylic acids is 2. The maximum atomic E-state index is 11.2. The van der Waals surface area contributed by atoms with Crippen LogP contribution in [-0.4, -0.2) is 19.0 Å². The highest BCUT2D eigenvalue weighted by Gasteiger charge is 2.08. The van der Waals surface area contributed by atoms with Crippen LogP contribution >= 0.6 is 0 Å². The van der Waals surface area contributed by atoms with Gasteiger partial charge in [-0.05, 0) is 5.56 Å². The first-order valence-corrected chi connectivity index (χ1v) is 4.83. The fourth-order valence-corrected chi connectivity index (χ4v) is 1.05. The maximum Gasteiger partial charge on any atom is 0.310 e. The van der Waals surface area contributed by atoms with Crippen molar-refractivity contribution < 1.29 is 19.1 Å². The highest BCUT2D eigenvalue weighted by Crippen LogP contribution is 2.02. The van der Waals surface area contributed by atoms with Crippen LogP contribution < -0.4 is 0 Å². The van der Waals surface area contributed by atoms with Crippen molar-refractivity contribution in [3.05, 3.63) is 42.3 Å². The molecule has 0 bridgehead atoms. The molecule has 1 radical (unpaired) electrons. The quantitative estimate of drug-likeness (QED) is 0.707. The molecule has 0 aliphatic carbocycles. The Morgan fingerprint density at radius 1 is 1.25 bits per heavy atom. The molecule has 0 aliphatic rings. The van der Waals surface area contributed by atoms with Crippen LogP contribution in [0.3, 0.4) is 0 Å². The van der Waals surface area contributed by atoms with Gasteiger partial charge in [-0.1, -0.05) is 30.3 Å². The molecule has 4 nitrogen and oxygen atoms in total. The SMILES string of the molecule is COC(=O)[CH]CC(=O)OCc1ccccc1. The number of ether oxygens (including phenoxy) is 2. The molecule has 0 fully saturated rings. The minimum Gasteiger partial charge on any atom is -0.469 e. The van der Waals surface area contributed by atoms with Crippen LogP contribution in [0.1, 0.15) is 12.0 Å². The van der Waals surface area contributed by atoms with E-state index >= 15 is 0 Å². The Morgan fingerprint density at radius 3 is 2.56 bits per heavy atom. The lowest BCUT2D eigenvalue weighted by atomic mass is 10.2. The molecule has 1 aromatic carbocycles. The van der Waals surface area contributed by atoms with Crippen molar-refractivity contribution in [1.29, 1.82) is 0 Å². The first-order chi connectivity index (χ1) is 7.72. The first kappa shape index (κ1) is 12.2. The zero-order valence-corrected chi connectivity index (χ0v) is 9.01.